The quantitative estimate of drug-likeness (QED) is 0.710. The third kappa shape index (κ3) is 3.40. The molecule has 0 saturated carbocycles. The van der Waals surface area contributed by atoms with E-state index in [-0.39, 0.29) is 0 Å². The van der Waals surface area contributed by atoms with E-state index in [1.54, 1.807) is 19.1 Å². The van der Waals surface area contributed by atoms with Crippen molar-refractivity contribution in [1.29, 1.82) is 0 Å². The molecule has 1 nitrogen and oxygen atoms in total. The van der Waals surface area contributed by atoms with E-state index < -0.39 is 11.7 Å². The molecule has 0 bridgehead atoms. The number of halogens is 3. The van der Waals surface area contributed by atoms with Gasteiger partial charge in [0.1, 0.15) is 0 Å². The van der Waals surface area contributed by atoms with E-state index in [4.69, 9.17) is 0 Å². The van der Waals surface area contributed by atoms with E-state index in [0.717, 1.165) is 25.9 Å². The summed E-state index contributed by atoms with van der Waals surface area (Å²) in [6, 6.07) is 4.56. The lowest BCUT2D eigenvalue weighted by atomic mass is 10.1. The number of nitrogens with zero attached hydrogens (tertiary/aromatic N) is 1. The Kier molecular flexibility index (Phi) is 5.05. The molecule has 0 amide bonds. The van der Waals surface area contributed by atoms with Gasteiger partial charge in [-0.25, -0.2) is 0 Å². The largest absolute Gasteiger partial charge is 0.418 e. The molecular formula is C14H20F3N. The van der Waals surface area contributed by atoms with Crippen LogP contribution >= 0.6 is 0 Å². The lowest BCUT2D eigenvalue weighted by Crippen LogP contribution is -2.22. The van der Waals surface area contributed by atoms with Crippen LogP contribution in [0, 0.1) is 6.92 Å². The van der Waals surface area contributed by atoms with Gasteiger partial charge in [0.2, 0.25) is 0 Å². The molecule has 0 aromatic heterocycles. The average Bonchev–Trinajstić information content (AvgIpc) is 2.84. The predicted molar refractivity (Wildman–Crippen MR) is 69.0 cm³/mol. The Morgan fingerprint density at radius 1 is 1.06 bits per heavy atom. The summed E-state index contributed by atoms with van der Waals surface area (Å²) in [5, 5.41) is 0. The van der Waals surface area contributed by atoms with Crippen LogP contribution in [0.3, 0.4) is 0 Å². The van der Waals surface area contributed by atoms with E-state index in [0.29, 0.717) is 11.3 Å². The Hall–Kier alpha value is -1.19. The van der Waals surface area contributed by atoms with Crippen molar-refractivity contribution >= 4 is 5.69 Å². The standard InChI is InChI=1S/C12H14F3N.C2H6/c1-9-4-5-11(16-6-2-3-7-16)10(8-9)12(13,14)15;1-2/h4-5,8H,2-3,6-7H2,1H3;1-2H3. The lowest BCUT2D eigenvalue weighted by molar-refractivity contribution is -0.137. The topological polar surface area (TPSA) is 3.24 Å². The summed E-state index contributed by atoms with van der Waals surface area (Å²) in [6.45, 7) is 7.14. The van der Waals surface area contributed by atoms with Gasteiger partial charge in [0.05, 0.1) is 5.56 Å². The van der Waals surface area contributed by atoms with E-state index >= 15 is 0 Å². The molecule has 2 rings (SSSR count). The van der Waals surface area contributed by atoms with Crippen LogP contribution in [0.1, 0.15) is 37.8 Å². The maximum Gasteiger partial charge on any atom is 0.418 e. The Morgan fingerprint density at radius 2 is 1.61 bits per heavy atom. The molecule has 1 aliphatic rings. The van der Waals surface area contributed by atoms with E-state index in [2.05, 4.69) is 0 Å². The van der Waals surface area contributed by atoms with Crippen molar-refractivity contribution in [1.82, 2.24) is 0 Å². The maximum atomic E-state index is 12.9. The number of rotatable bonds is 1. The van der Waals surface area contributed by atoms with Gasteiger partial charge in [-0.15, -0.1) is 0 Å². The van der Waals surface area contributed by atoms with Gasteiger partial charge in [0.15, 0.2) is 0 Å². The number of hydrogen-bond donors (Lipinski definition) is 0. The van der Waals surface area contributed by atoms with Gasteiger partial charge >= 0.3 is 6.18 Å². The van der Waals surface area contributed by atoms with E-state index in [9.17, 15) is 13.2 Å². The van der Waals surface area contributed by atoms with Gasteiger partial charge in [-0.2, -0.15) is 13.2 Å². The third-order valence-corrected chi connectivity index (χ3v) is 2.90. The summed E-state index contributed by atoms with van der Waals surface area (Å²) in [5.41, 5.74) is 0.472. The number of alkyl halides is 3. The molecule has 102 valence electrons. The van der Waals surface area contributed by atoms with Gasteiger partial charge < -0.3 is 4.90 Å². The van der Waals surface area contributed by atoms with Crippen molar-refractivity contribution in [2.24, 2.45) is 0 Å². The SMILES string of the molecule is CC.Cc1ccc(N2CCCC2)c(C(F)(F)F)c1. The van der Waals surface area contributed by atoms with Gasteiger partial charge in [-0.3, -0.25) is 0 Å². The van der Waals surface area contributed by atoms with Crippen molar-refractivity contribution in [3.63, 3.8) is 0 Å². The van der Waals surface area contributed by atoms with Crippen LogP contribution in [-0.4, -0.2) is 13.1 Å². The summed E-state index contributed by atoms with van der Waals surface area (Å²) in [7, 11) is 0. The van der Waals surface area contributed by atoms with E-state index in [1.807, 2.05) is 18.7 Å². The zero-order chi connectivity index (χ0) is 13.8. The first kappa shape index (κ1) is 14.9. The zero-order valence-electron chi connectivity index (χ0n) is 11.1. The first-order chi connectivity index (χ1) is 8.48. The van der Waals surface area contributed by atoms with Crippen molar-refractivity contribution in [2.45, 2.75) is 39.8 Å². The minimum atomic E-state index is -4.26. The summed E-state index contributed by atoms with van der Waals surface area (Å²) in [4.78, 5) is 1.82. The lowest BCUT2D eigenvalue weighted by Gasteiger charge is -2.22. The second-order valence-electron chi connectivity index (χ2n) is 4.21. The molecule has 1 aliphatic heterocycles. The second kappa shape index (κ2) is 6.12. The van der Waals surface area contributed by atoms with Crippen molar-refractivity contribution < 1.29 is 13.2 Å². The molecule has 4 heteroatoms. The van der Waals surface area contributed by atoms with Crippen LogP contribution < -0.4 is 4.90 Å². The van der Waals surface area contributed by atoms with E-state index in [1.165, 1.54) is 6.07 Å². The van der Waals surface area contributed by atoms with Crippen molar-refractivity contribution in [3.8, 4) is 0 Å². The molecule has 0 aliphatic carbocycles. The fourth-order valence-electron chi connectivity index (χ4n) is 2.11. The maximum absolute atomic E-state index is 12.9. The molecule has 1 aromatic carbocycles. The van der Waals surface area contributed by atoms with Gasteiger partial charge in [0.25, 0.3) is 0 Å². The molecule has 1 heterocycles. The normalized spacial score (nSPS) is 15.3. The fraction of sp³-hybridized carbons (Fsp3) is 0.571. The Bertz CT molecular complexity index is 379. The Balaban J connectivity index is 0.000000771. The molecule has 18 heavy (non-hydrogen) atoms. The molecule has 0 radical (unpaired) electrons. The van der Waals surface area contributed by atoms with Crippen LogP contribution in [0.5, 0.6) is 0 Å². The number of anilines is 1. The highest BCUT2D eigenvalue weighted by atomic mass is 19.4. The minimum Gasteiger partial charge on any atom is -0.371 e. The molecule has 0 unspecified atom stereocenters. The molecule has 1 fully saturated rings. The van der Waals surface area contributed by atoms with Gasteiger partial charge in [-0.1, -0.05) is 25.5 Å². The van der Waals surface area contributed by atoms with Crippen LogP contribution in [-0.2, 0) is 6.18 Å². The molecule has 0 spiro atoms. The van der Waals surface area contributed by atoms with Crippen molar-refractivity contribution in [2.75, 3.05) is 18.0 Å². The number of aryl methyl sites for hydroxylation is 1. The third-order valence-electron chi connectivity index (χ3n) is 2.90. The minimum absolute atomic E-state index is 0.329. The number of benzene rings is 1. The summed E-state index contributed by atoms with van der Waals surface area (Å²) < 4.78 is 38.6. The Morgan fingerprint density at radius 3 is 2.11 bits per heavy atom. The molecular weight excluding hydrogens is 239 g/mol. The van der Waals surface area contributed by atoms with Crippen LogP contribution in [0.4, 0.5) is 18.9 Å². The van der Waals surface area contributed by atoms with Gasteiger partial charge in [-0.05, 0) is 31.9 Å². The van der Waals surface area contributed by atoms with Crippen molar-refractivity contribution in [3.05, 3.63) is 29.3 Å². The highest BCUT2D eigenvalue weighted by Gasteiger charge is 2.35. The van der Waals surface area contributed by atoms with Crippen LogP contribution in [0.2, 0.25) is 0 Å². The van der Waals surface area contributed by atoms with Crippen LogP contribution in [0.15, 0.2) is 18.2 Å². The highest BCUT2D eigenvalue weighted by molar-refractivity contribution is 5.56. The smallest absolute Gasteiger partial charge is 0.371 e. The fourth-order valence-corrected chi connectivity index (χ4v) is 2.11. The molecule has 1 aromatic rings. The van der Waals surface area contributed by atoms with Gasteiger partial charge in [0, 0.05) is 18.8 Å². The second-order valence-corrected chi connectivity index (χ2v) is 4.21. The highest BCUT2D eigenvalue weighted by Crippen LogP contribution is 2.38. The summed E-state index contributed by atoms with van der Waals surface area (Å²) >= 11 is 0. The Labute approximate surface area is 107 Å². The molecule has 1 saturated heterocycles. The first-order valence-corrected chi connectivity index (χ1v) is 6.41. The summed E-state index contributed by atoms with van der Waals surface area (Å²) in [5.74, 6) is 0. The molecule has 0 atom stereocenters. The first-order valence-electron chi connectivity index (χ1n) is 6.41. The predicted octanol–water partition coefficient (Wildman–Crippen LogP) is 4.64. The number of hydrogen-bond acceptors (Lipinski definition) is 1. The molecule has 0 N–H and O–H groups in total. The monoisotopic (exact) mass is 259 g/mol. The summed E-state index contributed by atoms with van der Waals surface area (Å²) in [6.07, 6.45) is -2.31. The van der Waals surface area contributed by atoms with Crippen LogP contribution in [0.25, 0.3) is 0 Å². The average molecular weight is 259 g/mol. The zero-order valence-corrected chi connectivity index (χ0v) is 11.1.